The van der Waals surface area contributed by atoms with Gasteiger partial charge in [-0.05, 0) is 36.3 Å². The number of pyridine rings is 1. The molecule has 88 valence electrons. The first-order valence-electron chi connectivity index (χ1n) is 5.92. The summed E-state index contributed by atoms with van der Waals surface area (Å²) in [5.74, 6) is 1.84. The molecule has 1 aromatic heterocycles. The van der Waals surface area contributed by atoms with Crippen LogP contribution >= 0.6 is 11.8 Å². The van der Waals surface area contributed by atoms with Crippen molar-refractivity contribution in [2.24, 2.45) is 5.92 Å². The highest BCUT2D eigenvalue weighted by Crippen LogP contribution is 2.40. The highest BCUT2D eigenvalue weighted by molar-refractivity contribution is 7.99. The summed E-state index contributed by atoms with van der Waals surface area (Å²) in [6, 6.07) is 2.22. The van der Waals surface area contributed by atoms with Gasteiger partial charge in [0.25, 0.3) is 0 Å². The maximum atomic E-state index is 9.74. The van der Waals surface area contributed by atoms with E-state index in [0.717, 1.165) is 11.7 Å². The zero-order valence-electron chi connectivity index (χ0n) is 9.89. The van der Waals surface area contributed by atoms with E-state index in [1.54, 1.807) is 11.8 Å². The minimum absolute atomic E-state index is 0.227. The first-order chi connectivity index (χ1) is 7.66. The van der Waals surface area contributed by atoms with Crippen LogP contribution < -0.4 is 0 Å². The second-order valence-electron chi connectivity index (χ2n) is 4.85. The number of aliphatic hydroxyl groups excluding tert-OH is 1. The third-order valence-electron chi connectivity index (χ3n) is 2.97. The Balaban J connectivity index is 1.91. The van der Waals surface area contributed by atoms with Crippen LogP contribution in [0, 0.1) is 5.92 Å². The first-order valence-corrected chi connectivity index (χ1v) is 6.91. The Hall–Kier alpha value is -0.540. The molecular formula is C13H19NOS. The largest absolute Gasteiger partial charge is 0.392 e. The lowest BCUT2D eigenvalue weighted by atomic mass is 10.1. The van der Waals surface area contributed by atoms with Crippen molar-refractivity contribution in [2.75, 3.05) is 5.75 Å². The second kappa shape index (κ2) is 5.19. The summed E-state index contributed by atoms with van der Waals surface area (Å²) in [6.45, 7) is 4.09. The summed E-state index contributed by atoms with van der Waals surface area (Å²) in [5.41, 5.74) is 1.36. The summed E-state index contributed by atoms with van der Waals surface area (Å²) < 4.78 is 0. The number of nitrogens with zero attached hydrogens (tertiary/aromatic N) is 1. The van der Waals surface area contributed by atoms with Crippen molar-refractivity contribution in [2.45, 2.75) is 43.6 Å². The molecule has 1 aliphatic rings. The summed E-state index contributed by atoms with van der Waals surface area (Å²) in [6.07, 6.45) is 6.26. The topological polar surface area (TPSA) is 33.1 Å². The number of rotatable bonds is 5. The minimum Gasteiger partial charge on any atom is -0.392 e. The van der Waals surface area contributed by atoms with Gasteiger partial charge in [-0.15, -0.1) is 11.8 Å². The van der Waals surface area contributed by atoms with Gasteiger partial charge in [0.15, 0.2) is 0 Å². The Kier molecular flexibility index (Phi) is 3.87. The zero-order valence-corrected chi connectivity index (χ0v) is 10.7. The van der Waals surface area contributed by atoms with Gasteiger partial charge in [0.2, 0.25) is 0 Å². The van der Waals surface area contributed by atoms with Crippen LogP contribution in [0.1, 0.15) is 38.2 Å². The Bertz CT molecular complexity index is 350. The summed E-state index contributed by atoms with van der Waals surface area (Å²) in [7, 11) is 0. The Morgan fingerprint density at radius 2 is 2.19 bits per heavy atom. The van der Waals surface area contributed by atoms with Crippen LogP contribution in [0.5, 0.6) is 0 Å². The van der Waals surface area contributed by atoms with E-state index in [9.17, 15) is 5.11 Å². The van der Waals surface area contributed by atoms with Crippen molar-refractivity contribution in [1.29, 1.82) is 0 Å². The van der Waals surface area contributed by atoms with Gasteiger partial charge < -0.3 is 5.11 Å². The van der Waals surface area contributed by atoms with Gasteiger partial charge in [0.1, 0.15) is 0 Å². The van der Waals surface area contributed by atoms with Gasteiger partial charge >= 0.3 is 0 Å². The Labute approximate surface area is 101 Å². The molecule has 1 saturated carbocycles. The third-order valence-corrected chi connectivity index (χ3v) is 4.04. The molecule has 1 heterocycles. The molecule has 3 heteroatoms. The molecule has 1 N–H and O–H groups in total. The predicted octanol–water partition coefficient (Wildman–Crippen LogP) is 3.07. The van der Waals surface area contributed by atoms with Gasteiger partial charge in [0, 0.05) is 23.0 Å². The fraction of sp³-hybridized carbons (Fsp3) is 0.615. The van der Waals surface area contributed by atoms with E-state index in [2.05, 4.69) is 11.1 Å². The highest BCUT2D eigenvalue weighted by Gasteiger charge is 2.23. The minimum atomic E-state index is -0.227. The van der Waals surface area contributed by atoms with Crippen LogP contribution in [0.15, 0.2) is 23.4 Å². The smallest absolute Gasteiger partial charge is 0.0656 e. The number of aromatic nitrogens is 1. The van der Waals surface area contributed by atoms with Crippen LogP contribution in [0.4, 0.5) is 0 Å². The van der Waals surface area contributed by atoms with Gasteiger partial charge in [-0.25, -0.2) is 0 Å². The monoisotopic (exact) mass is 237 g/mol. The average molecular weight is 237 g/mol. The second-order valence-corrected chi connectivity index (χ2v) is 5.94. The maximum Gasteiger partial charge on any atom is 0.0656 e. The molecule has 0 saturated heterocycles. The number of hydrogen-bond acceptors (Lipinski definition) is 3. The van der Waals surface area contributed by atoms with Crippen molar-refractivity contribution in [3.8, 4) is 0 Å². The molecule has 0 spiro atoms. The molecule has 0 aromatic carbocycles. The molecule has 16 heavy (non-hydrogen) atoms. The Morgan fingerprint density at radius 3 is 2.81 bits per heavy atom. The molecule has 0 aliphatic heterocycles. The maximum absolute atomic E-state index is 9.74. The van der Waals surface area contributed by atoms with Crippen molar-refractivity contribution >= 4 is 11.8 Å². The van der Waals surface area contributed by atoms with Gasteiger partial charge in [-0.1, -0.05) is 13.8 Å². The van der Waals surface area contributed by atoms with Crippen LogP contribution in [-0.2, 0) is 0 Å². The Morgan fingerprint density at radius 1 is 1.44 bits per heavy atom. The first kappa shape index (κ1) is 11.9. The SMILES string of the molecule is CC(C)C(O)CSc1cncc(C2CC2)c1. The molecule has 1 unspecified atom stereocenters. The van der Waals surface area contributed by atoms with E-state index in [1.807, 2.05) is 26.2 Å². The van der Waals surface area contributed by atoms with Crippen molar-refractivity contribution in [1.82, 2.24) is 4.98 Å². The van der Waals surface area contributed by atoms with E-state index in [4.69, 9.17) is 0 Å². The molecule has 0 bridgehead atoms. The average Bonchev–Trinajstić information content (AvgIpc) is 3.10. The molecule has 0 radical (unpaired) electrons. The lowest BCUT2D eigenvalue weighted by Gasteiger charge is -2.13. The van der Waals surface area contributed by atoms with Crippen molar-refractivity contribution in [3.63, 3.8) is 0 Å². The fourth-order valence-electron chi connectivity index (χ4n) is 1.53. The van der Waals surface area contributed by atoms with Crippen molar-refractivity contribution < 1.29 is 5.11 Å². The lowest BCUT2D eigenvalue weighted by Crippen LogP contribution is -2.17. The predicted molar refractivity (Wildman–Crippen MR) is 67.8 cm³/mol. The number of thioether (sulfide) groups is 1. The van der Waals surface area contributed by atoms with Crippen LogP contribution in [0.25, 0.3) is 0 Å². The van der Waals surface area contributed by atoms with Gasteiger partial charge in [-0.3, -0.25) is 4.98 Å². The summed E-state index contributed by atoms with van der Waals surface area (Å²) in [4.78, 5) is 5.45. The summed E-state index contributed by atoms with van der Waals surface area (Å²) >= 11 is 1.70. The standard InChI is InChI=1S/C13H19NOS/c1-9(2)13(15)8-16-12-5-11(6-14-7-12)10-3-4-10/h5-7,9-10,13,15H,3-4,8H2,1-2H3. The van der Waals surface area contributed by atoms with E-state index >= 15 is 0 Å². The van der Waals surface area contributed by atoms with E-state index in [1.165, 1.54) is 23.3 Å². The molecule has 0 amide bonds. The number of aliphatic hydroxyl groups is 1. The van der Waals surface area contributed by atoms with E-state index in [-0.39, 0.29) is 6.10 Å². The summed E-state index contributed by atoms with van der Waals surface area (Å²) in [5, 5.41) is 9.74. The highest BCUT2D eigenvalue weighted by atomic mass is 32.2. The van der Waals surface area contributed by atoms with Crippen LogP contribution in [0.2, 0.25) is 0 Å². The van der Waals surface area contributed by atoms with E-state index in [0.29, 0.717) is 5.92 Å². The third kappa shape index (κ3) is 3.22. The van der Waals surface area contributed by atoms with Gasteiger partial charge in [0.05, 0.1) is 6.10 Å². The normalized spacial score (nSPS) is 17.8. The molecule has 2 rings (SSSR count). The van der Waals surface area contributed by atoms with Crippen LogP contribution in [-0.4, -0.2) is 21.9 Å². The molecule has 1 fully saturated rings. The molecule has 2 nitrogen and oxygen atoms in total. The molecular weight excluding hydrogens is 218 g/mol. The lowest BCUT2D eigenvalue weighted by molar-refractivity contribution is 0.149. The van der Waals surface area contributed by atoms with Crippen molar-refractivity contribution in [3.05, 3.63) is 24.0 Å². The van der Waals surface area contributed by atoms with Gasteiger partial charge in [-0.2, -0.15) is 0 Å². The van der Waals surface area contributed by atoms with Crippen LogP contribution in [0.3, 0.4) is 0 Å². The zero-order chi connectivity index (χ0) is 11.5. The molecule has 1 aliphatic carbocycles. The van der Waals surface area contributed by atoms with E-state index < -0.39 is 0 Å². The molecule has 1 atom stereocenters. The molecule has 1 aromatic rings. The quantitative estimate of drug-likeness (QED) is 0.799. The number of hydrogen-bond donors (Lipinski definition) is 1. The fourth-order valence-corrected chi connectivity index (χ4v) is 2.63.